The first-order valence-corrected chi connectivity index (χ1v) is 8.29. The highest BCUT2D eigenvalue weighted by atomic mass is 32.2. The fourth-order valence-electron chi connectivity index (χ4n) is 1.82. The number of sulfone groups is 1. The van der Waals surface area contributed by atoms with E-state index in [0.717, 1.165) is 0 Å². The molecule has 0 unspecified atom stereocenters. The zero-order valence-electron chi connectivity index (χ0n) is 11.9. The second kappa shape index (κ2) is 7.78. The van der Waals surface area contributed by atoms with Crippen LogP contribution in [-0.4, -0.2) is 49.1 Å². The van der Waals surface area contributed by atoms with E-state index in [1.807, 2.05) is 0 Å². The van der Waals surface area contributed by atoms with Crippen LogP contribution in [0, 0.1) is 0 Å². The van der Waals surface area contributed by atoms with E-state index < -0.39 is 15.8 Å². The third-order valence-electron chi connectivity index (χ3n) is 3.02. The Hall–Kier alpha value is -1.89. The highest BCUT2D eigenvalue weighted by molar-refractivity contribution is 7.91. The first-order chi connectivity index (χ1) is 9.86. The smallest absolute Gasteiger partial charge is 0.305 e. The van der Waals surface area contributed by atoms with Crippen LogP contribution in [0.15, 0.2) is 35.2 Å². The third kappa shape index (κ3) is 5.55. The number of carbonyl (C=O) groups is 2. The van der Waals surface area contributed by atoms with Crippen LogP contribution in [0.2, 0.25) is 0 Å². The van der Waals surface area contributed by atoms with Gasteiger partial charge in [0.15, 0.2) is 9.84 Å². The van der Waals surface area contributed by atoms with Gasteiger partial charge in [0.2, 0.25) is 5.91 Å². The van der Waals surface area contributed by atoms with Gasteiger partial charge in [0, 0.05) is 19.5 Å². The van der Waals surface area contributed by atoms with Crippen molar-refractivity contribution in [2.45, 2.75) is 24.7 Å². The minimum Gasteiger partial charge on any atom is -0.481 e. The zero-order chi connectivity index (χ0) is 15.9. The predicted octanol–water partition coefficient (Wildman–Crippen LogP) is 1.17. The lowest BCUT2D eigenvalue weighted by Gasteiger charge is -2.19. The summed E-state index contributed by atoms with van der Waals surface area (Å²) in [6.07, 6.45) is -0.296. The molecule has 7 heteroatoms. The van der Waals surface area contributed by atoms with E-state index in [9.17, 15) is 18.0 Å². The number of carbonyl (C=O) groups excluding carboxylic acids is 1. The van der Waals surface area contributed by atoms with Crippen LogP contribution in [0.5, 0.6) is 0 Å². The second-order valence-corrected chi connectivity index (χ2v) is 6.61. The van der Waals surface area contributed by atoms with Crippen molar-refractivity contribution < 1.29 is 23.1 Å². The molecule has 0 heterocycles. The van der Waals surface area contributed by atoms with Crippen molar-refractivity contribution in [3.05, 3.63) is 30.3 Å². The van der Waals surface area contributed by atoms with Crippen LogP contribution in [0.25, 0.3) is 0 Å². The van der Waals surface area contributed by atoms with Gasteiger partial charge in [-0.2, -0.15) is 0 Å². The highest BCUT2D eigenvalue weighted by Gasteiger charge is 2.19. The summed E-state index contributed by atoms with van der Waals surface area (Å²) in [5.41, 5.74) is 0. The number of amides is 1. The minimum absolute atomic E-state index is 0.0933. The van der Waals surface area contributed by atoms with Crippen molar-refractivity contribution in [1.29, 1.82) is 0 Å². The first kappa shape index (κ1) is 17.2. The van der Waals surface area contributed by atoms with E-state index in [1.165, 1.54) is 17.0 Å². The molecule has 6 nitrogen and oxygen atoms in total. The summed E-state index contributed by atoms with van der Waals surface area (Å²) in [6.45, 7) is 2.18. The molecule has 1 aromatic carbocycles. The van der Waals surface area contributed by atoms with Crippen molar-refractivity contribution in [1.82, 2.24) is 4.90 Å². The number of nitrogens with zero attached hydrogens (tertiary/aromatic N) is 1. The maximum atomic E-state index is 12.0. The Kier molecular flexibility index (Phi) is 6.36. The van der Waals surface area contributed by atoms with Gasteiger partial charge in [0.05, 0.1) is 17.1 Å². The van der Waals surface area contributed by atoms with Crippen LogP contribution < -0.4 is 0 Å². The lowest BCUT2D eigenvalue weighted by molar-refractivity contribution is -0.138. The highest BCUT2D eigenvalue weighted by Crippen LogP contribution is 2.11. The quantitative estimate of drug-likeness (QED) is 0.778. The molecular formula is C14H19NO5S. The average molecular weight is 313 g/mol. The normalized spacial score (nSPS) is 11.1. The number of hydrogen-bond acceptors (Lipinski definition) is 4. The second-order valence-electron chi connectivity index (χ2n) is 4.50. The largest absolute Gasteiger partial charge is 0.481 e. The van der Waals surface area contributed by atoms with E-state index in [0.29, 0.717) is 6.54 Å². The summed E-state index contributed by atoms with van der Waals surface area (Å²) in [7, 11) is -3.49. The Labute approximate surface area is 124 Å². The first-order valence-electron chi connectivity index (χ1n) is 6.64. The molecule has 0 spiro atoms. The van der Waals surface area contributed by atoms with Gasteiger partial charge in [-0.05, 0) is 19.1 Å². The number of carboxylic acids is 1. The number of aliphatic carboxylic acids is 1. The molecule has 0 aliphatic rings. The Balaban J connectivity index is 2.61. The van der Waals surface area contributed by atoms with Gasteiger partial charge in [-0.15, -0.1) is 0 Å². The summed E-state index contributed by atoms with van der Waals surface area (Å²) in [5.74, 6) is -1.62. The predicted molar refractivity (Wildman–Crippen MR) is 77.6 cm³/mol. The summed E-state index contributed by atoms with van der Waals surface area (Å²) < 4.78 is 24.1. The van der Waals surface area contributed by atoms with E-state index in [2.05, 4.69) is 0 Å². The Bertz CT molecular complexity index is 583. The molecule has 0 fully saturated rings. The lowest BCUT2D eigenvalue weighted by Crippen LogP contribution is -2.33. The third-order valence-corrected chi connectivity index (χ3v) is 4.75. The molecule has 0 aliphatic carbocycles. The zero-order valence-corrected chi connectivity index (χ0v) is 12.7. The van der Waals surface area contributed by atoms with Crippen LogP contribution in [-0.2, 0) is 19.4 Å². The van der Waals surface area contributed by atoms with Gasteiger partial charge < -0.3 is 10.0 Å². The van der Waals surface area contributed by atoms with Crippen LogP contribution >= 0.6 is 0 Å². The van der Waals surface area contributed by atoms with Crippen molar-refractivity contribution in [3.63, 3.8) is 0 Å². The summed E-state index contributed by atoms with van der Waals surface area (Å²) >= 11 is 0. The van der Waals surface area contributed by atoms with Gasteiger partial charge in [0.25, 0.3) is 0 Å². The summed E-state index contributed by atoms with van der Waals surface area (Å²) in [6, 6.07) is 7.94. The minimum atomic E-state index is -3.49. The van der Waals surface area contributed by atoms with E-state index in [4.69, 9.17) is 5.11 Å². The number of rotatable bonds is 8. The van der Waals surface area contributed by atoms with Gasteiger partial charge in [0.1, 0.15) is 0 Å². The van der Waals surface area contributed by atoms with Gasteiger partial charge in [-0.3, -0.25) is 9.59 Å². The Morgan fingerprint density at radius 3 is 2.29 bits per heavy atom. The molecule has 1 rings (SSSR count). The number of benzene rings is 1. The molecule has 0 aromatic heterocycles. The summed E-state index contributed by atoms with van der Waals surface area (Å²) in [5, 5.41) is 8.61. The van der Waals surface area contributed by atoms with Crippen molar-refractivity contribution in [3.8, 4) is 0 Å². The summed E-state index contributed by atoms with van der Waals surface area (Å²) in [4.78, 5) is 24.0. The average Bonchev–Trinajstić information content (AvgIpc) is 2.46. The SMILES string of the molecule is CCN(CCC(=O)O)C(=O)CCS(=O)(=O)c1ccccc1. The van der Waals surface area contributed by atoms with Crippen LogP contribution in [0.3, 0.4) is 0 Å². The fourth-order valence-corrected chi connectivity index (χ4v) is 3.07. The molecule has 116 valence electrons. The van der Waals surface area contributed by atoms with Gasteiger partial charge in [-0.25, -0.2) is 8.42 Å². The van der Waals surface area contributed by atoms with Crippen molar-refractivity contribution in [2.75, 3.05) is 18.8 Å². The molecule has 21 heavy (non-hydrogen) atoms. The Morgan fingerprint density at radius 2 is 1.76 bits per heavy atom. The molecule has 0 atom stereocenters. The van der Waals surface area contributed by atoms with E-state index in [1.54, 1.807) is 25.1 Å². The number of carboxylic acid groups (broad SMARTS) is 1. The molecular weight excluding hydrogens is 294 g/mol. The van der Waals surface area contributed by atoms with E-state index >= 15 is 0 Å². The standard InChI is InChI=1S/C14H19NO5S/c1-2-15(10-8-14(17)18)13(16)9-11-21(19,20)12-6-4-3-5-7-12/h3-7H,2,8-11H2,1H3,(H,17,18). The maximum absolute atomic E-state index is 12.0. The monoisotopic (exact) mass is 313 g/mol. The topological polar surface area (TPSA) is 91.8 Å². The molecule has 0 saturated heterocycles. The molecule has 0 aliphatic heterocycles. The Morgan fingerprint density at radius 1 is 1.14 bits per heavy atom. The fraction of sp³-hybridized carbons (Fsp3) is 0.429. The molecule has 1 aromatic rings. The lowest BCUT2D eigenvalue weighted by atomic mass is 10.3. The number of hydrogen-bond donors (Lipinski definition) is 1. The van der Waals surface area contributed by atoms with Crippen molar-refractivity contribution >= 4 is 21.7 Å². The van der Waals surface area contributed by atoms with E-state index in [-0.39, 0.29) is 35.9 Å². The van der Waals surface area contributed by atoms with Crippen LogP contribution in [0.1, 0.15) is 19.8 Å². The van der Waals surface area contributed by atoms with Gasteiger partial charge in [-0.1, -0.05) is 18.2 Å². The molecule has 1 N–H and O–H groups in total. The molecule has 1 amide bonds. The van der Waals surface area contributed by atoms with Crippen molar-refractivity contribution in [2.24, 2.45) is 0 Å². The maximum Gasteiger partial charge on any atom is 0.305 e. The molecule has 0 saturated carbocycles. The van der Waals surface area contributed by atoms with Gasteiger partial charge >= 0.3 is 5.97 Å². The molecule has 0 radical (unpaired) electrons. The molecule has 0 bridgehead atoms. The van der Waals surface area contributed by atoms with Crippen LogP contribution in [0.4, 0.5) is 0 Å².